The number of thiazole rings is 1. The Kier molecular flexibility index (Phi) is 6.32. The quantitative estimate of drug-likeness (QED) is 0.659. The van der Waals surface area contributed by atoms with Crippen LogP contribution in [0.4, 0.5) is 9.52 Å². The summed E-state index contributed by atoms with van der Waals surface area (Å²) >= 11 is 12.6. The van der Waals surface area contributed by atoms with Crippen molar-refractivity contribution in [3.8, 4) is 11.3 Å². The molecule has 0 aliphatic carbocycles. The highest BCUT2D eigenvalue weighted by Crippen LogP contribution is 2.49. The zero-order valence-corrected chi connectivity index (χ0v) is 15.3. The van der Waals surface area contributed by atoms with Gasteiger partial charge in [-0.25, -0.2) is 9.37 Å². The summed E-state index contributed by atoms with van der Waals surface area (Å²) in [5.41, 5.74) is 1.42. The van der Waals surface area contributed by atoms with Crippen LogP contribution in [0.5, 0.6) is 0 Å². The first-order valence-corrected chi connectivity index (χ1v) is 10.5. The summed E-state index contributed by atoms with van der Waals surface area (Å²) < 4.78 is 24.2. The van der Waals surface area contributed by atoms with E-state index in [0.717, 1.165) is 5.56 Å². The molecule has 2 aromatic rings. The Balaban J connectivity index is 2.20. The molecule has 0 saturated heterocycles. The maximum absolute atomic E-state index is 13.2. The number of nitrogens with zero attached hydrogens (tertiary/aromatic N) is 1. The molecule has 1 heterocycles. The second-order valence-electron chi connectivity index (χ2n) is 4.11. The summed E-state index contributed by atoms with van der Waals surface area (Å²) in [6, 6.07) is 4.48. The number of aromatic nitrogens is 1. The predicted octanol–water partition coefficient (Wildman–Crippen LogP) is 5.31. The Bertz CT molecular complexity index is 688. The zero-order chi connectivity index (χ0) is 16.2. The molecule has 0 bridgehead atoms. The fourth-order valence-electron chi connectivity index (χ4n) is 1.67. The van der Waals surface area contributed by atoms with Gasteiger partial charge in [0.1, 0.15) is 5.82 Å². The molecule has 120 valence electrons. The van der Waals surface area contributed by atoms with Crippen molar-refractivity contribution < 1.29 is 13.4 Å². The number of hydrogen-bond acceptors (Lipinski definition) is 5. The lowest BCUT2D eigenvalue weighted by Crippen LogP contribution is -2.04. The van der Waals surface area contributed by atoms with Crippen LogP contribution >= 0.6 is 29.6 Å². The Morgan fingerprint density at radius 2 is 2.05 bits per heavy atom. The van der Waals surface area contributed by atoms with E-state index in [1.807, 2.05) is 19.2 Å². The Hall–Kier alpha value is -0.560. The number of hydrogen-bond donors (Lipinski definition) is 1. The standard InChI is InChI=1S/C13H15ClFN2O2PS2/c1-3-18-20(21,19-4-2)17-13-16-12(8-22-13)9-5-6-11(15)10(14)7-9/h5-8H,3-4H2,1-2H3,(H,16,17,21). The molecule has 0 aliphatic heterocycles. The molecule has 0 atom stereocenters. The third-order valence-corrected chi connectivity index (χ3v) is 6.34. The molecular weight excluding hydrogens is 366 g/mol. The smallest absolute Gasteiger partial charge is 0.289 e. The van der Waals surface area contributed by atoms with E-state index < -0.39 is 12.5 Å². The first kappa shape index (κ1) is 17.8. The molecule has 0 amide bonds. The molecule has 0 saturated carbocycles. The first-order valence-electron chi connectivity index (χ1n) is 6.55. The van der Waals surface area contributed by atoms with Gasteiger partial charge in [-0.15, -0.1) is 11.3 Å². The minimum absolute atomic E-state index is 0.0637. The number of halogens is 2. The fraction of sp³-hybridized carbons (Fsp3) is 0.308. The van der Waals surface area contributed by atoms with E-state index in [1.54, 1.807) is 6.07 Å². The van der Waals surface area contributed by atoms with E-state index in [4.69, 9.17) is 32.5 Å². The van der Waals surface area contributed by atoms with Crippen LogP contribution in [-0.4, -0.2) is 18.2 Å². The Morgan fingerprint density at radius 1 is 1.36 bits per heavy atom. The monoisotopic (exact) mass is 380 g/mol. The van der Waals surface area contributed by atoms with Crippen LogP contribution < -0.4 is 5.09 Å². The van der Waals surface area contributed by atoms with Crippen LogP contribution in [0, 0.1) is 5.82 Å². The minimum Gasteiger partial charge on any atom is -0.314 e. The second-order valence-corrected chi connectivity index (χ2v) is 8.55. The van der Waals surface area contributed by atoms with Crippen LogP contribution in [0.15, 0.2) is 23.6 Å². The van der Waals surface area contributed by atoms with Crippen molar-refractivity contribution in [2.75, 3.05) is 18.3 Å². The SMILES string of the molecule is CCOP(=S)(Nc1nc(-c2ccc(F)c(Cl)c2)cs1)OCC. The van der Waals surface area contributed by atoms with E-state index in [9.17, 15) is 4.39 Å². The van der Waals surface area contributed by atoms with Crippen LogP contribution in [0.2, 0.25) is 5.02 Å². The van der Waals surface area contributed by atoms with Crippen molar-refractivity contribution in [2.45, 2.75) is 13.8 Å². The fourth-order valence-corrected chi connectivity index (χ4v) is 5.22. The maximum Gasteiger partial charge on any atom is 0.289 e. The summed E-state index contributed by atoms with van der Waals surface area (Å²) in [5, 5.41) is 5.55. The minimum atomic E-state index is -2.59. The molecule has 9 heteroatoms. The molecule has 0 radical (unpaired) electrons. The summed E-state index contributed by atoms with van der Waals surface area (Å²) in [6.45, 7) is 2.03. The maximum atomic E-state index is 13.2. The summed E-state index contributed by atoms with van der Waals surface area (Å²) in [5.74, 6) is -0.456. The molecule has 0 unspecified atom stereocenters. The lowest BCUT2D eigenvalue weighted by Gasteiger charge is -2.20. The summed E-state index contributed by atoms with van der Waals surface area (Å²) in [4.78, 5) is 4.43. The Labute approximate surface area is 142 Å². The molecular formula is C13H15ClFN2O2PS2. The average Bonchev–Trinajstić information content (AvgIpc) is 2.90. The van der Waals surface area contributed by atoms with Crippen LogP contribution in [0.25, 0.3) is 11.3 Å². The third kappa shape index (κ3) is 4.47. The van der Waals surface area contributed by atoms with Crippen molar-refractivity contribution in [1.29, 1.82) is 0 Å². The molecule has 22 heavy (non-hydrogen) atoms. The van der Waals surface area contributed by atoms with Gasteiger partial charge in [0.2, 0.25) is 0 Å². The molecule has 2 rings (SSSR count). The molecule has 1 aromatic carbocycles. The molecule has 1 aromatic heterocycles. The highest BCUT2D eigenvalue weighted by atomic mass is 35.5. The molecule has 0 aliphatic rings. The summed E-state index contributed by atoms with van der Waals surface area (Å²) in [6.07, 6.45) is 0. The van der Waals surface area contributed by atoms with Gasteiger partial charge in [-0.2, -0.15) is 0 Å². The van der Waals surface area contributed by atoms with Gasteiger partial charge < -0.3 is 9.05 Å². The van der Waals surface area contributed by atoms with Gasteiger partial charge in [0.25, 0.3) is 6.64 Å². The lowest BCUT2D eigenvalue weighted by atomic mass is 10.2. The normalized spacial score (nSPS) is 11.6. The van der Waals surface area contributed by atoms with Crippen molar-refractivity contribution >= 4 is 46.5 Å². The topological polar surface area (TPSA) is 43.4 Å². The molecule has 1 N–H and O–H groups in total. The van der Waals surface area contributed by atoms with Crippen LogP contribution in [0.3, 0.4) is 0 Å². The highest BCUT2D eigenvalue weighted by Gasteiger charge is 2.20. The van der Waals surface area contributed by atoms with Gasteiger partial charge >= 0.3 is 0 Å². The van der Waals surface area contributed by atoms with Crippen molar-refractivity contribution in [3.05, 3.63) is 34.4 Å². The van der Waals surface area contributed by atoms with Crippen molar-refractivity contribution in [1.82, 2.24) is 4.98 Å². The van der Waals surface area contributed by atoms with Gasteiger partial charge in [0.15, 0.2) is 5.13 Å². The van der Waals surface area contributed by atoms with Gasteiger partial charge in [-0.05, 0) is 43.9 Å². The number of nitrogens with one attached hydrogen (secondary N) is 1. The largest absolute Gasteiger partial charge is 0.314 e. The van der Waals surface area contributed by atoms with Crippen molar-refractivity contribution in [2.24, 2.45) is 0 Å². The van der Waals surface area contributed by atoms with E-state index >= 15 is 0 Å². The van der Waals surface area contributed by atoms with Crippen LogP contribution in [0.1, 0.15) is 13.8 Å². The van der Waals surface area contributed by atoms with Gasteiger partial charge in [-0.1, -0.05) is 11.6 Å². The molecule has 0 spiro atoms. The van der Waals surface area contributed by atoms with E-state index in [-0.39, 0.29) is 5.02 Å². The van der Waals surface area contributed by atoms with Crippen molar-refractivity contribution in [3.63, 3.8) is 0 Å². The lowest BCUT2D eigenvalue weighted by molar-refractivity contribution is 0.271. The molecule has 0 fully saturated rings. The third-order valence-electron chi connectivity index (χ3n) is 2.55. The number of benzene rings is 1. The molecule has 4 nitrogen and oxygen atoms in total. The second kappa shape index (κ2) is 7.81. The van der Waals surface area contributed by atoms with Gasteiger partial charge in [0, 0.05) is 10.9 Å². The highest BCUT2D eigenvalue weighted by molar-refractivity contribution is 8.10. The number of rotatable bonds is 7. The van der Waals surface area contributed by atoms with Gasteiger partial charge in [-0.3, -0.25) is 5.09 Å². The number of anilines is 1. The summed E-state index contributed by atoms with van der Waals surface area (Å²) in [7, 11) is 0. The van der Waals surface area contributed by atoms with E-state index in [0.29, 0.717) is 24.0 Å². The average molecular weight is 381 g/mol. The van der Waals surface area contributed by atoms with Gasteiger partial charge in [0.05, 0.1) is 23.9 Å². The van der Waals surface area contributed by atoms with E-state index in [1.165, 1.54) is 23.5 Å². The Morgan fingerprint density at radius 3 is 2.64 bits per heavy atom. The predicted molar refractivity (Wildman–Crippen MR) is 93.7 cm³/mol. The zero-order valence-electron chi connectivity index (χ0n) is 12.0. The van der Waals surface area contributed by atoms with E-state index in [2.05, 4.69) is 10.1 Å². The first-order chi connectivity index (χ1) is 10.5. The van der Waals surface area contributed by atoms with Crippen LogP contribution in [-0.2, 0) is 20.9 Å².